The number of sulfonamides is 1. The first kappa shape index (κ1) is 12.0. The predicted octanol–water partition coefficient (Wildman–Crippen LogP) is 1.05. The van der Waals surface area contributed by atoms with Crippen molar-refractivity contribution < 1.29 is 8.42 Å². The topological polar surface area (TPSA) is 63.4 Å². The second-order valence-corrected chi connectivity index (χ2v) is 5.42. The summed E-state index contributed by atoms with van der Waals surface area (Å²) in [5.41, 5.74) is 7.17. The SMILES string of the molecule is CCN(Cc1cccc(N)c1)S(C)(=O)=O. The molecule has 0 unspecified atom stereocenters. The summed E-state index contributed by atoms with van der Waals surface area (Å²) in [5, 5.41) is 0. The van der Waals surface area contributed by atoms with E-state index in [1.165, 1.54) is 10.6 Å². The van der Waals surface area contributed by atoms with Crippen molar-refractivity contribution in [1.29, 1.82) is 0 Å². The van der Waals surface area contributed by atoms with E-state index in [1.54, 1.807) is 12.1 Å². The molecule has 0 heterocycles. The maximum Gasteiger partial charge on any atom is 0.211 e. The molecule has 0 aliphatic carbocycles. The van der Waals surface area contributed by atoms with Crippen molar-refractivity contribution in [3.63, 3.8) is 0 Å². The highest BCUT2D eigenvalue weighted by Crippen LogP contribution is 2.11. The minimum atomic E-state index is -3.13. The van der Waals surface area contributed by atoms with Crippen LogP contribution in [0.1, 0.15) is 12.5 Å². The summed E-state index contributed by atoms with van der Waals surface area (Å²) >= 11 is 0. The van der Waals surface area contributed by atoms with Gasteiger partial charge in [0.25, 0.3) is 0 Å². The van der Waals surface area contributed by atoms with E-state index in [9.17, 15) is 8.42 Å². The van der Waals surface area contributed by atoms with Crippen LogP contribution in [0.25, 0.3) is 0 Å². The quantitative estimate of drug-likeness (QED) is 0.783. The Labute approximate surface area is 90.8 Å². The molecule has 0 aromatic heterocycles. The number of nitrogens with zero attached hydrogens (tertiary/aromatic N) is 1. The largest absolute Gasteiger partial charge is 0.399 e. The van der Waals surface area contributed by atoms with Gasteiger partial charge in [-0.1, -0.05) is 19.1 Å². The lowest BCUT2D eigenvalue weighted by Crippen LogP contribution is -2.29. The van der Waals surface area contributed by atoms with Crippen LogP contribution in [0.3, 0.4) is 0 Å². The lowest BCUT2D eigenvalue weighted by atomic mass is 10.2. The Morgan fingerprint density at radius 1 is 1.40 bits per heavy atom. The molecule has 0 aliphatic heterocycles. The van der Waals surface area contributed by atoms with E-state index in [2.05, 4.69) is 0 Å². The van der Waals surface area contributed by atoms with E-state index in [0.29, 0.717) is 18.8 Å². The molecule has 84 valence electrons. The molecule has 0 fully saturated rings. The van der Waals surface area contributed by atoms with Gasteiger partial charge < -0.3 is 5.73 Å². The van der Waals surface area contributed by atoms with Crippen LogP contribution in [-0.4, -0.2) is 25.5 Å². The molecule has 0 spiro atoms. The summed E-state index contributed by atoms with van der Waals surface area (Å²) in [6.07, 6.45) is 1.21. The normalized spacial score (nSPS) is 11.9. The predicted molar refractivity (Wildman–Crippen MR) is 61.8 cm³/mol. The van der Waals surface area contributed by atoms with E-state index < -0.39 is 10.0 Å². The molecule has 1 aromatic rings. The summed E-state index contributed by atoms with van der Waals surface area (Å²) in [7, 11) is -3.13. The van der Waals surface area contributed by atoms with Crippen molar-refractivity contribution in [1.82, 2.24) is 4.31 Å². The molecule has 15 heavy (non-hydrogen) atoms. The average Bonchev–Trinajstić information content (AvgIpc) is 2.12. The van der Waals surface area contributed by atoms with Crippen LogP contribution in [0.4, 0.5) is 5.69 Å². The van der Waals surface area contributed by atoms with Crippen molar-refractivity contribution in [2.75, 3.05) is 18.5 Å². The number of hydrogen-bond donors (Lipinski definition) is 1. The zero-order valence-corrected chi connectivity index (χ0v) is 9.79. The molecule has 0 bridgehead atoms. The molecule has 1 aromatic carbocycles. The third-order valence-electron chi connectivity index (χ3n) is 2.13. The van der Waals surface area contributed by atoms with Crippen LogP contribution in [-0.2, 0) is 16.6 Å². The Bertz CT molecular complexity index is 429. The van der Waals surface area contributed by atoms with Crippen molar-refractivity contribution in [3.05, 3.63) is 29.8 Å². The summed E-state index contributed by atoms with van der Waals surface area (Å²) in [6.45, 7) is 2.65. The first-order valence-electron chi connectivity index (χ1n) is 4.73. The zero-order valence-electron chi connectivity index (χ0n) is 8.97. The van der Waals surface area contributed by atoms with E-state index in [1.807, 2.05) is 19.1 Å². The Morgan fingerprint density at radius 3 is 2.53 bits per heavy atom. The maximum absolute atomic E-state index is 11.3. The molecule has 0 radical (unpaired) electrons. The van der Waals surface area contributed by atoms with E-state index >= 15 is 0 Å². The number of nitrogen functional groups attached to an aromatic ring is 1. The molecule has 0 saturated heterocycles. The van der Waals surface area contributed by atoms with Gasteiger partial charge in [-0.25, -0.2) is 8.42 Å². The maximum atomic E-state index is 11.3. The van der Waals surface area contributed by atoms with Gasteiger partial charge in [0.15, 0.2) is 0 Å². The van der Waals surface area contributed by atoms with E-state index in [4.69, 9.17) is 5.73 Å². The van der Waals surface area contributed by atoms with Gasteiger partial charge in [-0.2, -0.15) is 4.31 Å². The minimum Gasteiger partial charge on any atom is -0.399 e. The first-order valence-corrected chi connectivity index (χ1v) is 6.58. The summed E-state index contributed by atoms with van der Waals surface area (Å²) < 4.78 is 24.1. The van der Waals surface area contributed by atoms with Crippen molar-refractivity contribution in [2.45, 2.75) is 13.5 Å². The summed E-state index contributed by atoms with van der Waals surface area (Å²) in [5.74, 6) is 0. The number of anilines is 1. The zero-order chi connectivity index (χ0) is 11.5. The monoisotopic (exact) mass is 228 g/mol. The molecule has 0 amide bonds. The fraction of sp³-hybridized carbons (Fsp3) is 0.400. The lowest BCUT2D eigenvalue weighted by molar-refractivity contribution is 0.428. The average molecular weight is 228 g/mol. The van der Waals surface area contributed by atoms with Gasteiger partial charge in [-0.3, -0.25) is 0 Å². The van der Waals surface area contributed by atoms with Gasteiger partial charge in [0.05, 0.1) is 6.26 Å². The molecule has 2 N–H and O–H groups in total. The van der Waals surface area contributed by atoms with Crippen LogP contribution in [0, 0.1) is 0 Å². The number of benzene rings is 1. The first-order chi connectivity index (χ1) is 6.93. The van der Waals surface area contributed by atoms with Crippen molar-refractivity contribution in [3.8, 4) is 0 Å². The second-order valence-electron chi connectivity index (χ2n) is 3.43. The van der Waals surface area contributed by atoms with E-state index in [0.717, 1.165) is 5.56 Å². The smallest absolute Gasteiger partial charge is 0.211 e. The summed E-state index contributed by atoms with van der Waals surface area (Å²) in [6, 6.07) is 7.25. The van der Waals surface area contributed by atoms with Gasteiger partial charge >= 0.3 is 0 Å². The molecular weight excluding hydrogens is 212 g/mol. The van der Waals surface area contributed by atoms with Gasteiger partial charge in [-0.05, 0) is 17.7 Å². The Hall–Kier alpha value is -1.07. The summed E-state index contributed by atoms with van der Waals surface area (Å²) in [4.78, 5) is 0. The van der Waals surface area contributed by atoms with Crippen molar-refractivity contribution >= 4 is 15.7 Å². The molecule has 0 saturated carbocycles. The van der Waals surface area contributed by atoms with Crippen LogP contribution in [0.15, 0.2) is 24.3 Å². The van der Waals surface area contributed by atoms with Crippen LogP contribution < -0.4 is 5.73 Å². The van der Waals surface area contributed by atoms with E-state index in [-0.39, 0.29) is 0 Å². The Kier molecular flexibility index (Phi) is 3.71. The molecule has 0 aliphatic rings. The Balaban J connectivity index is 2.85. The second kappa shape index (κ2) is 4.63. The van der Waals surface area contributed by atoms with Gasteiger partial charge in [0.2, 0.25) is 10.0 Å². The standard InChI is InChI=1S/C10H16N2O2S/c1-3-12(15(2,13)14)8-9-5-4-6-10(11)7-9/h4-7H,3,8,11H2,1-2H3. The van der Waals surface area contributed by atoms with Gasteiger partial charge in [-0.15, -0.1) is 0 Å². The lowest BCUT2D eigenvalue weighted by Gasteiger charge is -2.17. The molecule has 0 atom stereocenters. The number of nitrogens with two attached hydrogens (primary N) is 1. The highest BCUT2D eigenvalue weighted by molar-refractivity contribution is 7.88. The highest BCUT2D eigenvalue weighted by atomic mass is 32.2. The minimum absolute atomic E-state index is 0.375. The number of hydrogen-bond acceptors (Lipinski definition) is 3. The van der Waals surface area contributed by atoms with Crippen LogP contribution >= 0.6 is 0 Å². The van der Waals surface area contributed by atoms with Crippen LogP contribution in [0.2, 0.25) is 0 Å². The van der Waals surface area contributed by atoms with Crippen molar-refractivity contribution in [2.24, 2.45) is 0 Å². The molecular formula is C10H16N2O2S. The van der Waals surface area contributed by atoms with Gasteiger partial charge in [0, 0.05) is 18.8 Å². The Morgan fingerprint density at radius 2 is 2.07 bits per heavy atom. The molecule has 4 nitrogen and oxygen atoms in total. The van der Waals surface area contributed by atoms with Gasteiger partial charge in [0.1, 0.15) is 0 Å². The number of rotatable bonds is 4. The fourth-order valence-electron chi connectivity index (χ4n) is 1.36. The highest BCUT2D eigenvalue weighted by Gasteiger charge is 2.14. The third-order valence-corrected chi connectivity index (χ3v) is 3.46. The molecule has 1 rings (SSSR count). The molecule has 5 heteroatoms. The third kappa shape index (κ3) is 3.53. The fourth-order valence-corrected chi connectivity index (χ4v) is 2.21. The van der Waals surface area contributed by atoms with Crippen LogP contribution in [0.5, 0.6) is 0 Å².